The van der Waals surface area contributed by atoms with Gasteiger partial charge in [0.1, 0.15) is 5.69 Å². The maximum Gasteiger partial charge on any atom is 0.270 e. The van der Waals surface area contributed by atoms with Crippen molar-refractivity contribution in [3.05, 3.63) is 41.2 Å². The Morgan fingerprint density at radius 1 is 1.21 bits per heavy atom. The molecule has 7 heteroatoms. The van der Waals surface area contributed by atoms with Crippen LogP contribution in [0.25, 0.3) is 0 Å². The van der Waals surface area contributed by atoms with Gasteiger partial charge in [-0.15, -0.1) is 0 Å². The summed E-state index contributed by atoms with van der Waals surface area (Å²) in [4.78, 5) is 23.9. The Hall–Kier alpha value is -2.83. The summed E-state index contributed by atoms with van der Waals surface area (Å²) in [6.45, 7) is 6.52. The number of nitrogens with one attached hydrogen (secondary N) is 1. The molecule has 0 aliphatic carbocycles. The van der Waals surface area contributed by atoms with Gasteiger partial charge in [-0.05, 0) is 55.9 Å². The summed E-state index contributed by atoms with van der Waals surface area (Å²) in [5.41, 5.74) is 2.28. The molecule has 1 aromatic carbocycles. The van der Waals surface area contributed by atoms with Crippen LogP contribution in [0.1, 0.15) is 41.5 Å². The molecule has 1 fully saturated rings. The third kappa shape index (κ3) is 5.37. The Morgan fingerprint density at radius 3 is 2.72 bits per heavy atom. The molecule has 1 aliphatic heterocycles. The lowest BCUT2D eigenvalue weighted by molar-refractivity contribution is 0.0949. The Bertz CT molecular complexity index is 856. The molecule has 1 saturated heterocycles. The molecule has 156 valence electrons. The third-order valence-electron chi connectivity index (χ3n) is 5.16. The van der Waals surface area contributed by atoms with Gasteiger partial charge in [0.2, 0.25) is 5.95 Å². The van der Waals surface area contributed by atoms with E-state index in [2.05, 4.69) is 27.1 Å². The van der Waals surface area contributed by atoms with Crippen molar-refractivity contribution in [1.29, 1.82) is 0 Å². The van der Waals surface area contributed by atoms with Crippen molar-refractivity contribution >= 4 is 11.9 Å². The maximum absolute atomic E-state index is 12.6. The smallest absolute Gasteiger partial charge is 0.270 e. The second kappa shape index (κ2) is 9.58. The van der Waals surface area contributed by atoms with Crippen molar-refractivity contribution in [2.45, 2.75) is 33.1 Å². The summed E-state index contributed by atoms with van der Waals surface area (Å²) in [5.74, 6) is 2.47. The molecule has 1 unspecified atom stereocenters. The minimum Gasteiger partial charge on any atom is -0.493 e. The maximum atomic E-state index is 12.6. The largest absolute Gasteiger partial charge is 0.493 e. The number of carbonyl (C=O) groups excluding carboxylic acids is 1. The van der Waals surface area contributed by atoms with Crippen molar-refractivity contribution in [2.24, 2.45) is 5.92 Å². The number of aromatic nitrogens is 2. The Balaban J connectivity index is 1.62. The summed E-state index contributed by atoms with van der Waals surface area (Å²) < 4.78 is 10.6. The summed E-state index contributed by atoms with van der Waals surface area (Å²) >= 11 is 0. The summed E-state index contributed by atoms with van der Waals surface area (Å²) in [6, 6.07) is 7.51. The molecule has 2 heterocycles. The highest BCUT2D eigenvalue weighted by molar-refractivity contribution is 5.92. The van der Waals surface area contributed by atoms with E-state index >= 15 is 0 Å². The SMILES string of the molecule is COc1ccc(CCNC(=O)c2cc(C)nc(N3CCCC(C)C3)n2)cc1OC. The Labute approximate surface area is 172 Å². The standard InChI is InChI=1S/C22H30N4O3/c1-15-6-5-11-26(14-15)22-24-16(2)12-18(25-22)21(27)23-10-9-17-7-8-19(28-3)20(13-17)29-4/h7-8,12-13,15H,5-6,9-11,14H2,1-4H3,(H,23,27). The summed E-state index contributed by atoms with van der Waals surface area (Å²) in [7, 11) is 3.22. The first kappa shape index (κ1) is 20.9. The second-order valence-corrected chi connectivity index (χ2v) is 7.58. The van der Waals surface area contributed by atoms with Gasteiger partial charge in [-0.3, -0.25) is 4.79 Å². The van der Waals surface area contributed by atoms with Gasteiger partial charge in [0, 0.05) is 25.3 Å². The van der Waals surface area contributed by atoms with E-state index < -0.39 is 0 Å². The van der Waals surface area contributed by atoms with Crippen LogP contribution in [0.3, 0.4) is 0 Å². The lowest BCUT2D eigenvalue weighted by Gasteiger charge is -2.31. The number of rotatable bonds is 7. The number of carbonyl (C=O) groups is 1. The molecule has 0 bridgehead atoms. The molecule has 29 heavy (non-hydrogen) atoms. The molecule has 0 radical (unpaired) electrons. The van der Waals surface area contributed by atoms with Crippen molar-refractivity contribution in [1.82, 2.24) is 15.3 Å². The zero-order valence-corrected chi connectivity index (χ0v) is 17.7. The molecule has 1 amide bonds. The fraction of sp³-hybridized carbons (Fsp3) is 0.500. The van der Waals surface area contributed by atoms with Crippen LogP contribution in [0.4, 0.5) is 5.95 Å². The Morgan fingerprint density at radius 2 is 2.00 bits per heavy atom. The van der Waals surface area contributed by atoms with E-state index in [0.29, 0.717) is 42.0 Å². The zero-order valence-electron chi connectivity index (χ0n) is 17.7. The van der Waals surface area contributed by atoms with Crippen LogP contribution in [0.5, 0.6) is 11.5 Å². The van der Waals surface area contributed by atoms with Gasteiger partial charge in [0.05, 0.1) is 14.2 Å². The van der Waals surface area contributed by atoms with Crippen LogP contribution in [-0.2, 0) is 6.42 Å². The third-order valence-corrected chi connectivity index (χ3v) is 5.16. The van der Waals surface area contributed by atoms with E-state index in [-0.39, 0.29) is 5.91 Å². The van der Waals surface area contributed by atoms with Crippen LogP contribution in [0.2, 0.25) is 0 Å². The molecule has 7 nitrogen and oxygen atoms in total. The number of methoxy groups -OCH3 is 2. The highest BCUT2D eigenvalue weighted by Gasteiger charge is 2.20. The topological polar surface area (TPSA) is 76.6 Å². The van der Waals surface area contributed by atoms with Crippen LogP contribution in [0, 0.1) is 12.8 Å². The zero-order chi connectivity index (χ0) is 20.8. The monoisotopic (exact) mass is 398 g/mol. The second-order valence-electron chi connectivity index (χ2n) is 7.58. The molecule has 1 aliphatic rings. The number of nitrogens with zero attached hydrogens (tertiary/aromatic N) is 3. The minimum absolute atomic E-state index is 0.178. The van der Waals surface area contributed by atoms with Gasteiger partial charge in [0.15, 0.2) is 11.5 Å². The quantitative estimate of drug-likeness (QED) is 0.773. The predicted molar refractivity (Wildman–Crippen MR) is 113 cm³/mol. The van der Waals surface area contributed by atoms with Gasteiger partial charge < -0.3 is 19.7 Å². The molecular formula is C22H30N4O3. The first-order valence-electron chi connectivity index (χ1n) is 10.1. The average Bonchev–Trinajstić information content (AvgIpc) is 2.73. The number of anilines is 1. The molecular weight excluding hydrogens is 368 g/mol. The lowest BCUT2D eigenvalue weighted by Crippen LogP contribution is -2.36. The van der Waals surface area contributed by atoms with E-state index in [0.717, 1.165) is 30.8 Å². The minimum atomic E-state index is -0.178. The highest BCUT2D eigenvalue weighted by atomic mass is 16.5. The fourth-order valence-electron chi connectivity index (χ4n) is 3.63. The number of ether oxygens (including phenoxy) is 2. The van der Waals surface area contributed by atoms with Gasteiger partial charge in [0.25, 0.3) is 5.91 Å². The number of amides is 1. The summed E-state index contributed by atoms with van der Waals surface area (Å²) in [6.07, 6.45) is 3.05. The number of hydrogen-bond acceptors (Lipinski definition) is 6. The van der Waals surface area contributed by atoms with Crippen molar-refractivity contribution < 1.29 is 14.3 Å². The molecule has 1 N–H and O–H groups in total. The molecule has 0 saturated carbocycles. The van der Waals surface area contributed by atoms with Crippen molar-refractivity contribution in [2.75, 3.05) is 38.8 Å². The van der Waals surface area contributed by atoms with Gasteiger partial charge in [-0.25, -0.2) is 9.97 Å². The van der Waals surface area contributed by atoms with Crippen LogP contribution in [0.15, 0.2) is 24.3 Å². The summed E-state index contributed by atoms with van der Waals surface area (Å²) in [5, 5.41) is 2.96. The average molecular weight is 399 g/mol. The first-order chi connectivity index (χ1) is 14.0. The molecule has 0 spiro atoms. The van der Waals surface area contributed by atoms with E-state index in [4.69, 9.17) is 9.47 Å². The number of piperidine rings is 1. The van der Waals surface area contributed by atoms with Gasteiger partial charge in [-0.1, -0.05) is 13.0 Å². The number of hydrogen-bond donors (Lipinski definition) is 1. The first-order valence-corrected chi connectivity index (χ1v) is 10.1. The van der Waals surface area contributed by atoms with E-state index in [9.17, 15) is 4.79 Å². The molecule has 3 rings (SSSR count). The van der Waals surface area contributed by atoms with Crippen LogP contribution < -0.4 is 19.7 Å². The van der Waals surface area contributed by atoms with Crippen molar-refractivity contribution in [3.63, 3.8) is 0 Å². The van der Waals surface area contributed by atoms with Crippen molar-refractivity contribution in [3.8, 4) is 11.5 Å². The highest BCUT2D eigenvalue weighted by Crippen LogP contribution is 2.27. The van der Waals surface area contributed by atoms with Crippen LogP contribution >= 0.6 is 0 Å². The predicted octanol–water partition coefficient (Wildman–Crippen LogP) is 3.01. The van der Waals surface area contributed by atoms with E-state index in [1.807, 2.05) is 25.1 Å². The van der Waals surface area contributed by atoms with E-state index in [1.165, 1.54) is 6.42 Å². The van der Waals surface area contributed by atoms with Gasteiger partial charge >= 0.3 is 0 Å². The lowest BCUT2D eigenvalue weighted by atomic mass is 10.0. The van der Waals surface area contributed by atoms with E-state index in [1.54, 1.807) is 20.3 Å². The molecule has 1 atom stereocenters. The fourth-order valence-corrected chi connectivity index (χ4v) is 3.63. The number of aryl methyl sites for hydroxylation is 1. The van der Waals surface area contributed by atoms with Crippen LogP contribution in [-0.4, -0.2) is 49.7 Å². The normalized spacial score (nSPS) is 16.4. The Kier molecular flexibility index (Phi) is 6.90. The molecule has 1 aromatic heterocycles. The number of benzene rings is 1. The van der Waals surface area contributed by atoms with Gasteiger partial charge in [-0.2, -0.15) is 0 Å². The molecule has 2 aromatic rings.